The molecule has 1 heterocycles. The second kappa shape index (κ2) is 13.5. The lowest BCUT2D eigenvalue weighted by molar-refractivity contribution is 0.0715. The topological polar surface area (TPSA) is 53.4 Å². The summed E-state index contributed by atoms with van der Waals surface area (Å²) in [6, 6.07) is 12.4. The van der Waals surface area contributed by atoms with Crippen molar-refractivity contribution in [1.29, 1.82) is 0 Å². The Kier molecular flexibility index (Phi) is 10.4. The first-order chi connectivity index (χ1) is 17.4. The Morgan fingerprint density at radius 1 is 1.11 bits per heavy atom. The fraction of sp³-hybridized carbons (Fsp3) is 0.517. The molecule has 0 aliphatic heterocycles. The Hall–Kier alpha value is -2.77. The molecule has 36 heavy (non-hydrogen) atoms. The van der Waals surface area contributed by atoms with Gasteiger partial charge in [-0.3, -0.25) is 4.79 Å². The highest BCUT2D eigenvalue weighted by Crippen LogP contribution is 2.21. The predicted octanol–water partition coefficient (Wildman–Crippen LogP) is 5.32. The fourth-order valence-electron chi connectivity index (χ4n) is 4.57. The van der Waals surface area contributed by atoms with Crippen molar-refractivity contribution in [1.82, 2.24) is 24.7 Å². The van der Waals surface area contributed by atoms with Crippen LogP contribution in [0.5, 0.6) is 0 Å². The van der Waals surface area contributed by atoms with E-state index < -0.39 is 5.82 Å². The second-order valence-corrected chi connectivity index (χ2v) is 9.80. The highest BCUT2D eigenvalue weighted by Gasteiger charge is 2.21. The second-order valence-electron chi connectivity index (χ2n) is 9.80. The molecule has 7 heteroatoms. The maximum Gasteiger partial charge on any atom is 0.254 e. The van der Waals surface area contributed by atoms with Gasteiger partial charge in [0.1, 0.15) is 11.6 Å². The molecule has 0 spiro atoms. The predicted molar refractivity (Wildman–Crippen MR) is 145 cm³/mol. The maximum atomic E-state index is 13.8. The number of carbonyl (C=O) groups is 1. The lowest BCUT2D eigenvalue weighted by Gasteiger charge is -2.25. The average Bonchev–Trinajstić information content (AvgIpc) is 3.19. The van der Waals surface area contributed by atoms with Gasteiger partial charge in [0.2, 0.25) is 0 Å². The lowest BCUT2D eigenvalue weighted by Crippen LogP contribution is -2.34. The molecule has 0 unspecified atom stereocenters. The number of imidazole rings is 1. The van der Waals surface area contributed by atoms with Crippen molar-refractivity contribution in [2.24, 2.45) is 5.92 Å². The third kappa shape index (κ3) is 7.37. The van der Waals surface area contributed by atoms with Gasteiger partial charge >= 0.3 is 0 Å². The Morgan fingerprint density at radius 2 is 1.89 bits per heavy atom. The molecule has 0 aliphatic carbocycles. The van der Waals surface area contributed by atoms with Crippen LogP contribution in [0.15, 0.2) is 42.5 Å². The van der Waals surface area contributed by atoms with Crippen molar-refractivity contribution in [3.8, 4) is 0 Å². The third-order valence-corrected chi connectivity index (χ3v) is 6.44. The summed E-state index contributed by atoms with van der Waals surface area (Å²) in [5.41, 5.74) is 3.60. The molecule has 1 aromatic heterocycles. The van der Waals surface area contributed by atoms with Crippen molar-refractivity contribution in [3.63, 3.8) is 0 Å². The van der Waals surface area contributed by atoms with Crippen LogP contribution in [-0.2, 0) is 19.6 Å². The van der Waals surface area contributed by atoms with E-state index in [4.69, 9.17) is 4.98 Å². The third-order valence-electron chi connectivity index (χ3n) is 6.44. The molecule has 0 saturated carbocycles. The SMILES string of the molecule is CCCn1c(CN(CC(C)C)C(=O)c2cccc(F)c2)nc2cc(CNCCN(CC)CC)ccc21. The molecule has 1 N–H and O–H groups in total. The van der Waals surface area contributed by atoms with E-state index in [0.717, 1.165) is 62.5 Å². The number of halogens is 1. The summed E-state index contributed by atoms with van der Waals surface area (Å²) < 4.78 is 16.0. The van der Waals surface area contributed by atoms with E-state index in [1.807, 2.05) is 0 Å². The monoisotopic (exact) mass is 495 g/mol. The van der Waals surface area contributed by atoms with Crippen LogP contribution in [0.3, 0.4) is 0 Å². The molecule has 2 aromatic carbocycles. The number of carbonyl (C=O) groups excluding carboxylic acids is 1. The normalized spacial score (nSPS) is 11.7. The molecule has 0 atom stereocenters. The first kappa shape index (κ1) is 27.8. The molecule has 0 aliphatic rings. The van der Waals surface area contributed by atoms with Crippen LogP contribution in [0.25, 0.3) is 11.0 Å². The van der Waals surface area contributed by atoms with E-state index in [-0.39, 0.29) is 11.8 Å². The Morgan fingerprint density at radius 3 is 2.56 bits per heavy atom. The van der Waals surface area contributed by atoms with E-state index >= 15 is 0 Å². The highest BCUT2D eigenvalue weighted by atomic mass is 19.1. The van der Waals surface area contributed by atoms with Gasteiger partial charge in [-0.15, -0.1) is 0 Å². The summed E-state index contributed by atoms with van der Waals surface area (Å²) in [4.78, 5) is 22.5. The van der Waals surface area contributed by atoms with Crippen molar-refractivity contribution < 1.29 is 9.18 Å². The number of nitrogens with zero attached hydrogens (tertiary/aromatic N) is 4. The number of hydrogen-bond acceptors (Lipinski definition) is 4. The maximum absolute atomic E-state index is 13.8. The Labute approximate surface area is 215 Å². The molecule has 3 aromatic rings. The summed E-state index contributed by atoms with van der Waals surface area (Å²) in [7, 11) is 0. The summed E-state index contributed by atoms with van der Waals surface area (Å²) in [5, 5.41) is 3.54. The van der Waals surface area contributed by atoms with Gasteiger partial charge in [-0.2, -0.15) is 0 Å². The minimum atomic E-state index is -0.401. The zero-order chi connectivity index (χ0) is 26.1. The minimum Gasteiger partial charge on any atom is -0.331 e. The van der Waals surface area contributed by atoms with E-state index in [0.29, 0.717) is 18.7 Å². The highest BCUT2D eigenvalue weighted by molar-refractivity contribution is 5.94. The van der Waals surface area contributed by atoms with Crippen molar-refractivity contribution in [2.75, 3.05) is 32.7 Å². The van der Waals surface area contributed by atoms with Crippen LogP contribution < -0.4 is 5.32 Å². The van der Waals surface area contributed by atoms with Crippen LogP contribution in [0.1, 0.15) is 62.8 Å². The quantitative estimate of drug-likeness (QED) is 0.308. The van der Waals surface area contributed by atoms with Crippen LogP contribution >= 0.6 is 0 Å². The standard InChI is InChI=1S/C29H42FN5O/c1-6-15-35-27-13-12-23(19-31-14-16-33(7-2)8-3)17-26(27)32-28(35)21-34(20-22(4)5)29(36)24-10-9-11-25(30)18-24/h9-13,17-18,22,31H,6-8,14-16,19-21H2,1-5H3. The van der Waals surface area contributed by atoms with Gasteiger partial charge in [-0.1, -0.05) is 46.8 Å². The number of hydrogen-bond donors (Lipinski definition) is 1. The van der Waals surface area contributed by atoms with Gasteiger partial charge in [-0.05, 0) is 61.3 Å². The zero-order valence-electron chi connectivity index (χ0n) is 22.6. The number of rotatable bonds is 14. The Balaban J connectivity index is 1.82. The molecule has 0 saturated heterocycles. The summed E-state index contributed by atoms with van der Waals surface area (Å²) in [6.07, 6.45) is 0.967. The summed E-state index contributed by atoms with van der Waals surface area (Å²) in [6.45, 7) is 17.4. The van der Waals surface area contributed by atoms with Crippen LogP contribution in [-0.4, -0.2) is 58.0 Å². The first-order valence-electron chi connectivity index (χ1n) is 13.3. The number of fused-ring (bicyclic) bond motifs is 1. The largest absolute Gasteiger partial charge is 0.331 e. The fourth-order valence-corrected chi connectivity index (χ4v) is 4.57. The van der Waals surface area contributed by atoms with Gasteiger partial charge in [-0.25, -0.2) is 9.37 Å². The van der Waals surface area contributed by atoms with Crippen LogP contribution in [0.2, 0.25) is 0 Å². The number of likely N-dealkylation sites (N-methyl/N-ethyl adjacent to an activating group) is 1. The van der Waals surface area contributed by atoms with E-state index in [9.17, 15) is 9.18 Å². The van der Waals surface area contributed by atoms with Gasteiger partial charge in [0, 0.05) is 38.3 Å². The molecular weight excluding hydrogens is 453 g/mol. The molecule has 1 amide bonds. The van der Waals surface area contributed by atoms with Crippen molar-refractivity contribution in [2.45, 2.75) is 60.7 Å². The number of aryl methyl sites for hydroxylation is 1. The summed E-state index contributed by atoms with van der Waals surface area (Å²) in [5.74, 6) is 0.572. The van der Waals surface area contributed by atoms with E-state index in [1.165, 1.54) is 17.7 Å². The van der Waals surface area contributed by atoms with E-state index in [2.05, 4.69) is 67.6 Å². The molecule has 0 fully saturated rings. The Bertz CT molecular complexity index is 1120. The molecule has 6 nitrogen and oxygen atoms in total. The molecular formula is C29H42FN5O. The molecule has 196 valence electrons. The number of aromatic nitrogens is 2. The van der Waals surface area contributed by atoms with Gasteiger partial charge in [0.25, 0.3) is 5.91 Å². The van der Waals surface area contributed by atoms with Crippen molar-refractivity contribution >= 4 is 16.9 Å². The van der Waals surface area contributed by atoms with Crippen molar-refractivity contribution in [3.05, 3.63) is 65.2 Å². The number of amides is 1. The van der Waals surface area contributed by atoms with Gasteiger partial charge in [0.15, 0.2) is 0 Å². The molecule has 0 bridgehead atoms. The summed E-state index contributed by atoms with van der Waals surface area (Å²) >= 11 is 0. The van der Waals surface area contributed by atoms with Gasteiger partial charge in [0.05, 0.1) is 17.6 Å². The number of nitrogens with one attached hydrogen (secondary N) is 1. The smallest absolute Gasteiger partial charge is 0.254 e. The minimum absolute atomic E-state index is 0.170. The first-order valence-corrected chi connectivity index (χ1v) is 13.3. The average molecular weight is 496 g/mol. The van der Waals surface area contributed by atoms with E-state index in [1.54, 1.807) is 17.0 Å². The zero-order valence-corrected chi connectivity index (χ0v) is 22.6. The lowest BCUT2D eigenvalue weighted by atomic mass is 10.1. The van der Waals surface area contributed by atoms with Gasteiger partial charge < -0.3 is 19.7 Å². The molecule has 3 rings (SSSR count). The molecule has 0 radical (unpaired) electrons. The number of benzene rings is 2. The van der Waals surface area contributed by atoms with Crippen LogP contribution in [0, 0.1) is 11.7 Å². The van der Waals surface area contributed by atoms with Crippen LogP contribution in [0.4, 0.5) is 4.39 Å².